The molecule has 29 heavy (non-hydrogen) atoms. The van der Waals surface area contributed by atoms with Crippen LogP contribution in [0.5, 0.6) is 0 Å². The van der Waals surface area contributed by atoms with Crippen LogP contribution < -0.4 is 0 Å². The van der Waals surface area contributed by atoms with Gasteiger partial charge in [-0.25, -0.2) is 0 Å². The second kappa shape index (κ2) is 7.11. The van der Waals surface area contributed by atoms with Crippen molar-refractivity contribution in [3.63, 3.8) is 0 Å². The Morgan fingerprint density at radius 3 is 2.52 bits per heavy atom. The lowest BCUT2D eigenvalue weighted by Gasteiger charge is -2.60. The van der Waals surface area contributed by atoms with Gasteiger partial charge in [0.1, 0.15) is 0 Å². The maximum Gasteiger partial charge on any atom is 0.0809 e. The molecule has 0 aromatic heterocycles. The number of hydrogen-bond donors (Lipinski definition) is 2. The molecule has 0 bridgehead atoms. The maximum absolute atomic E-state index is 11.4. The summed E-state index contributed by atoms with van der Waals surface area (Å²) in [6.07, 6.45) is 10.7. The van der Waals surface area contributed by atoms with Crippen molar-refractivity contribution >= 4 is 17.7 Å². The molecule has 0 spiro atoms. The average molecular weight is 415 g/mol. The molecule has 1 aromatic rings. The van der Waals surface area contributed by atoms with Crippen molar-refractivity contribution in [1.29, 1.82) is 0 Å². The van der Waals surface area contributed by atoms with Crippen molar-refractivity contribution in [2.24, 2.45) is 34.5 Å². The highest BCUT2D eigenvalue weighted by atomic mass is 35.5. The molecule has 3 heteroatoms. The van der Waals surface area contributed by atoms with Crippen LogP contribution in [0.25, 0.3) is 6.08 Å². The smallest absolute Gasteiger partial charge is 0.0809 e. The van der Waals surface area contributed by atoms with Gasteiger partial charge in [-0.3, -0.25) is 0 Å². The van der Waals surface area contributed by atoms with Crippen molar-refractivity contribution in [3.8, 4) is 0 Å². The molecule has 158 valence electrons. The number of benzene rings is 1. The summed E-state index contributed by atoms with van der Waals surface area (Å²) in [6.45, 7) is 4.86. The lowest BCUT2D eigenvalue weighted by atomic mass is 9.45. The fourth-order valence-electron chi connectivity index (χ4n) is 8.03. The van der Waals surface area contributed by atoms with Crippen molar-refractivity contribution in [2.75, 3.05) is 0 Å². The molecular weight excluding hydrogens is 380 g/mol. The number of hydrogen-bond acceptors (Lipinski definition) is 2. The number of rotatable bonds is 1. The Morgan fingerprint density at radius 1 is 0.966 bits per heavy atom. The van der Waals surface area contributed by atoms with E-state index in [1.165, 1.54) is 31.3 Å². The van der Waals surface area contributed by atoms with Gasteiger partial charge in [0.2, 0.25) is 0 Å². The lowest BCUT2D eigenvalue weighted by Crippen LogP contribution is -2.54. The molecule has 4 aliphatic rings. The number of aliphatic hydroxyl groups excluding tert-OH is 2. The number of aliphatic hydroxyl groups is 2. The molecule has 0 aliphatic heterocycles. The summed E-state index contributed by atoms with van der Waals surface area (Å²) in [5, 5.41) is 22.4. The van der Waals surface area contributed by atoms with E-state index in [4.69, 9.17) is 11.6 Å². The topological polar surface area (TPSA) is 40.5 Å². The van der Waals surface area contributed by atoms with Crippen molar-refractivity contribution in [1.82, 2.24) is 0 Å². The van der Waals surface area contributed by atoms with Gasteiger partial charge in [0.05, 0.1) is 12.2 Å². The van der Waals surface area contributed by atoms with E-state index in [9.17, 15) is 10.2 Å². The summed E-state index contributed by atoms with van der Waals surface area (Å²) < 4.78 is 0. The fourth-order valence-corrected chi connectivity index (χ4v) is 8.22. The van der Waals surface area contributed by atoms with Crippen molar-refractivity contribution in [2.45, 2.75) is 77.4 Å². The van der Waals surface area contributed by atoms with Crippen LogP contribution in [0.2, 0.25) is 5.02 Å². The zero-order valence-corrected chi connectivity index (χ0v) is 18.5. The molecule has 2 nitrogen and oxygen atoms in total. The van der Waals surface area contributed by atoms with Gasteiger partial charge in [-0.15, -0.1) is 0 Å². The fraction of sp³-hybridized carbons (Fsp3) is 0.692. The first-order valence-electron chi connectivity index (χ1n) is 11.6. The molecule has 4 aliphatic carbocycles. The van der Waals surface area contributed by atoms with Crippen LogP contribution >= 0.6 is 11.6 Å². The molecule has 8 unspecified atom stereocenters. The van der Waals surface area contributed by atoms with Gasteiger partial charge in [-0.1, -0.05) is 49.7 Å². The van der Waals surface area contributed by atoms with Crippen molar-refractivity contribution < 1.29 is 10.2 Å². The van der Waals surface area contributed by atoms with E-state index >= 15 is 0 Å². The molecular formula is C26H35ClO2. The maximum atomic E-state index is 11.4. The van der Waals surface area contributed by atoms with E-state index in [2.05, 4.69) is 26.0 Å². The Hall–Kier alpha value is -0.830. The van der Waals surface area contributed by atoms with E-state index in [0.717, 1.165) is 42.2 Å². The SMILES string of the molecule is CC12CCC(O)CC1CCC1C2CCC2(C)C(O)/C(=C\c3ccccc3Cl)CC12. The summed E-state index contributed by atoms with van der Waals surface area (Å²) in [7, 11) is 0. The Bertz CT molecular complexity index is 819. The molecule has 4 fully saturated rings. The minimum absolute atomic E-state index is 0.00830. The van der Waals surface area contributed by atoms with Gasteiger partial charge < -0.3 is 10.2 Å². The third-order valence-corrected chi connectivity index (χ3v) is 10.1. The first-order chi connectivity index (χ1) is 13.8. The number of halogens is 1. The third-order valence-electron chi connectivity index (χ3n) is 9.75. The molecule has 1 aromatic carbocycles. The van der Waals surface area contributed by atoms with Crippen LogP contribution in [0.4, 0.5) is 0 Å². The minimum atomic E-state index is -0.358. The van der Waals surface area contributed by atoms with Crippen LogP contribution in [-0.2, 0) is 0 Å². The van der Waals surface area contributed by atoms with Crippen LogP contribution in [-0.4, -0.2) is 22.4 Å². The highest BCUT2D eigenvalue weighted by Crippen LogP contribution is 2.67. The van der Waals surface area contributed by atoms with Crippen LogP contribution in [0.3, 0.4) is 0 Å². The highest BCUT2D eigenvalue weighted by Gasteiger charge is 2.61. The second-order valence-electron chi connectivity index (χ2n) is 11.0. The monoisotopic (exact) mass is 414 g/mol. The van der Waals surface area contributed by atoms with Crippen LogP contribution in [0.15, 0.2) is 29.8 Å². The third kappa shape index (κ3) is 3.05. The summed E-state index contributed by atoms with van der Waals surface area (Å²) in [5.74, 6) is 2.70. The van der Waals surface area contributed by atoms with E-state index < -0.39 is 0 Å². The predicted molar refractivity (Wildman–Crippen MR) is 119 cm³/mol. The highest BCUT2D eigenvalue weighted by molar-refractivity contribution is 6.32. The molecule has 0 amide bonds. The largest absolute Gasteiger partial charge is 0.393 e. The van der Waals surface area contributed by atoms with E-state index in [0.29, 0.717) is 23.2 Å². The van der Waals surface area contributed by atoms with E-state index in [-0.39, 0.29) is 17.6 Å². The minimum Gasteiger partial charge on any atom is -0.393 e. The average Bonchev–Trinajstić information content (AvgIpc) is 2.95. The van der Waals surface area contributed by atoms with Gasteiger partial charge in [0.15, 0.2) is 0 Å². The van der Waals surface area contributed by atoms with Gasteiger partial charge in [0, 0.05) is 10.4 Å². The molecule has 0 saturated heterocycles. The Morgan fingerprint density at radius 2 is 1.72 bits per heavy atom. The molecule has 4 saturated carbocycles. The van der Waals surface area contributed by atoms with Crippen LogP contribution in [0, 0.1) is 34.5 Å². The first-order valence-corrected chi connectivity index (χ1v) is 12.0. The second-order valence-corrected chi connectivity index (χ2v) is 11.4. The zero-order chi connectivity index (χ0) is 20.4. The summed E-state index contributed by atoms with van der Waals surface area (Å²) >= 11 is 6.41. The normalized spacial score (nSPS) is 48.1. The van der Waals surface area contributed by atoms with Crippen LogP contribution in [0.1, 0.15) is 70.8 Å². The standard InChI is InChI=1S/C26H35ClO2/c1-25-11-9-19(28)15-18(25)7-8-20-21(25)10-12-26(2)22(20)14-17(24(26)29)13-16-5-3-4-6-23(16)27/h3-6,13,18-22,24,28-29H,7-12,14-15H2,1-2H3/b17-13-. The summed E-state index contributed by atoms with van der Waals surface area (Å²) in [4.78, 5) is 0. The van der Waals surface area contributed by atoms with E-state index in [1.54, 1.807) is 0 Å². The summed E-state index contributed by atoms with van der Waals surface area (Å²) in [5.41, 5.74) is 2.58. The molecule has 0 radical (unpaired) electrons. The van der Waals surface area contributed by atoms with Gasteiger partial charge >= 0.3 is 0 Å². The molecule has 0 heterocycles. The lowest BCUT2D eigenvalue weighted by molar-refractivity contribution is -0.133. The summed E-state index contributed by atoms with van der Waals surface area (Å²) in [6, 6.07) is 7.96. The predicted octanol–water partition coefficient (Wildman–Crippen LogP) is 6.10. The first kappa shape index (κ1) is 20.1. The van der Waals surface area contributed by atoms with Gasteiger partial charge in [0.25, 0.3) is 0 Å². The Balaban J connectivity index is 1.45. The molecule has 5 rings (SSSR count). The molecule has 2 N–H and O–H groups in total. The molecule has 8 atom stereocenters. The zero-order valence-electron chi connectivity index (χ0n) is 17.8. The Kier molecular flexibility index (Phi) is 4.92. The van der Waals surface area contributed by atoms with E-state index in [1.807, 2.05) is 18.2 Å². The van der Waals surface area contributed by atoms with Gasteiger partial charge in [-0.2, -0.15) is 0 Å². The quantitative estimate of drug-likeness (QED) is 0.583. The Labute approximate surface area is 180 Å². The van der Waals surface area contributed by atoms with Gasteiger partial charge in [-0.05, 0) is 97.7 Å². The number of fused-ring (bicyclic) bond motifs is 5. The van der Waals surface area contributed by atoms with Crippen molar-refractivity contribution in [3.05, 3.63) is 40.4 Å².